The molecular weight excluding hydrogens is 550 g/mol. The fourth-order valence-corrected chi connectivity index (χ4v) is 2.59. The minimum absolute atomic E-state index is 0.109. The van der Waals surface area contributed by atoms with Crippen molar-refractivity contribution in [2.45, 2.75) is 67.6 Å². The summed E-state index contributed by atoms with van der Waals surface area (Å²) >= 11 is 0. The van der Waals surface area contributed by atoms with Gasteiger partial charge in [0.1, 0.15) is 0 Å². The molecule has 1 aromatic carbocycles. The van der Waals surface area contributed by atoms with Crippen molar-refractivity contribution < 1.29 is 75.0 Å². The van der Waals surface area contributed by atoms with Crippen LogP contribution in [0.3, 0.4) is 0 Å². The van der Waals surface area contributed by atoms with Crippen LogP contribution < -0.4 is 5.32 Å². The number of rotatable bonds is 10. The van der Waals surface area contributed by atoms with Crippen molar-refractivity contribution in [1.29, 1.82) is 0 Å². The first-order chi connectivity index (χ1) is 15.8. The molecule has 1 N–H and O–H groups in total. The molecule has 0 aliphatic rings. The zero-order chi connectivity index (χ0) is 28.9. The van der Waals surface area contributed by atoms with Crippen LogP contribution >= 0.6 is 0 Å². The number of anilines is 1. The van der Waals surface area contributed by atoms with Crippen LogP contribution in [0.4, 0.5) is 75.9 Å². The van der Waals surface area contributed by atoms with Crippen LogP contribution in [0.15, 0.2) is 24.3 Å². The summed E-state index contributed by atoms with van der Waals surface area (Å²) in [5.74, 6) is -60.4. The highest BCUT2D eigenvalue weighted by Gasteiger charge is 2.94. The average Bonchev–Trinajstić information content (AvgIpc) is 2.72. The van der Waals surface area contributed by atoms with Crippen LogP contribution in [0.1, 0.15) is 25.3 Å². The van der Waals surface area contributed by atoms with E-state index in [-0.39, 0.29) is 5.56 Å². The van der Waals surface area contributed by atoms with Gasteiger partial charge in [-0.15, -0.1) is 0 Å². The van der Waals surface area contributed by atoms with E-state index < -0.39 is 65.4 Å². The van der Waals surface area contributed by atoms with Gasteiger partial charge in [0.15, 0.2) is 0 Å². The molecule has 0 heterocycles. The molecule has 0 aromatic heterocycles. The Morgan fingerprint density at radius 3 is 1.47 bits per heavy atom. The number of carbonyl (C=O) groups is 1. The molecule has 0 radical (unpaired) electrons. The van der Waals surface area contributed by atoms with E-state index in [9.17, 15) is 75.0 Å². The first-order valence-corrected chi connectivity index (χ1v) is 9.10. The van der Waals surface area contributed by atoms with Crippen molar-refractivity contribution in [2.75, 3.05) is 5.32 Å². The van der Waals surface area contributed by atoms with E-state index in [1.165, 1.54) is 19.9 Å². The number of hydrogen-bond acceptors (Lipinski definition) is 1. The molecule has 1 rings (SSSR count). The number of amides is 1. The molecule has 0 aliphatic carbocycles. The molecule has 36 heavy (non-hydrogen) atoms. The molecule has 0 saturated carbocycles. The summed E-state index contributed by atoms with van der Waals surface area (Å²) in [6, 6.07) is 4.07. The Morgan fingerprint density at radius 1 is 0.667 bits per heavy atom. The Morgan fingerprint density at radius 2 is 1.06 bits per heavy atom. The zero-order valence-corrected chi connectivity index (χ0v) is 17.4. The van der Waals surface area contributed by atoms with Gasteiger partial charge in [-0.2, -0.15) is 61.5 Å². The summed E-state index contributed by atoms with van der Waals surface area (Å²) in [6.07, 6.45) is -5.92. The Hall–Kier alpha value is -2.43. The average molecular weight is 563 g/mol. The van der Waals surface area contributed by atoms with E-state index in [1.54, 1.807) is 0 Å². The fourth-order valence-electron chi connectivity index (χ4n) is 2.59. The van der Waals surface area contributed by atoms with Crippen LogP contribution in [0.25, 0.3) is 0 Å². The molecule has 0 aliphatic heterocycles. The van der Waals surface area contributed by atoms with Crippen molar-refractivity contribution in [3.05, 3.63) is 29.8 Å². The molecule has 0 fully saturated rings. The minimum atomic E-state index is -8.55. The standard InChI is InChI=1S/C18H13F16NO/c1-7(2)8-5-3-4-6-9(8)35-11(36)13(23,24)15(27,28)17(31,32)18(33,34)16(29,30)14(25,26)12(21,22)10(19)20/h3-7,10H,1-2H3,(H,35,36). The number of alkyl halides is 16. The van der Waals surface area contributed by atoms with Gasteiger partial charge in [0.25, 0.3) is 0 Å². The summed E-state index contributed by atoms with van der Waals surface area (Å²) in [4.78, 5) is 11.7. The summed E-state index contributed by atoms with van der Waals surface area (Å²) in [7, 11) is 0. The van der Waals surface area contributed by atoms with Crippen LogP contribution in [0, 0.1) is 0 Å². The monoisotopic (exact) mass is 563 g/mol. The Labute approximate surface area is 190 Å². The van der Waals surface area contributed by atoms with Gasteiger partial charge in [0, 0.05) is 5.69 Å². The number of halogens is 16. The lowest BCUT2D eigenvalue weighted by Gasteiger charge is -2.42. The topological polar surface area (TPSA) is 29.1 Å². The highest BCUT2D eigenvalue weighted by molar-refractivity contribution is 5.97. The first-order valence-electron chi connectivity index (χ1n) is 9.10. The second-order valence-electron chi connectivity index (χ2n) is 7.57. The van der Waals surface area contributed by atoms with E-state index in [2.05, 4.69) is 0 Å². The van der Waals surface area contributed by atoms with Gasteiger partial charge in [-0.3, -0.25) is 4.79 Å². The molecule has 208 valence electrons. The fraction of sp³-hybridized carbons (Fsp3) is 0.611. The smallest absolute Gasteiger partial charge is 0.320 e. The second-order valence-corrected chi connectivity index (χ2v) is 7.57. The van der Waals surface area contributed by atoms with Crippen molar-refractivity contribution in [2.24, 2.45) is 0 Å². The third-order valence-corrected chi connectivity index (χ3v) is 4.78. The van der Waals surface area contributed by atoms with Crippen LogP contribution in [0.2, 0.25) is 0 Å². The molecule has 18 heteroatoms. The van der Waals surface area contributed by atoms with Gasteiger partial charge in [0.2, 0.25) is 0 Å². The molecule has 0 atom stereocenters. The normalized spacial score (nSPS) is 15.0. The van der Waals surface area contributed by atoms with E-state index in [0.717, 1.165) is 23.5 Å². The molecular formula is C18H13F16NO. The van der Waals surface area contributed by atoms with Gasteiger partial charge in [0.05, 0.1) is 0 Å². The van der Waals surface area contributed by atoms with E-state index in [1.807, 2.05) is 0 Å². The maximum absolute atomic E-state index is 14.0. The SMILES string of the molecule is CC(C)c1ccccc1NC(=O)C(F)(F)C(F)(F)C(F)(F)C(F)(F)C(F)(F)C(F)(F)C(F)(F)C(F)F. The number of benzene rings is 1. The lowest BCUT2D eigenvalue weighted by Crippen LogP contribution is -2.74. The van der Waals surface area contributed by atoms with Gasteiger partial charge < -0.3 is 5.32 Å². The molecule has 1 amide bonds. The Balaban J connectivity index is 3.58. The molecule has 0 saturated heterocycles. The van der Waals surface area contributed by atoms with E-state index in [0.29, 0.717) is 0 Å². The Kier molecular flexibility index (Phi) is 8.03. The van der Waals surface area contributed by atoms with E-state index >= 15 is 0 Å². The van der Waals surface area contributed by atoms with Crippen molar-refractivity contribution in [1.82, 2.24) is 0 Å². The number of para-hydroxylation sites is 1. The van der Waals surface area contributed by atoms with Gasteiger partial charge in [-0.05, 0) is 17.5 Å². The largest absolute Gasteiger partial charge is 0.393 e. The third kappa shape index (κ3) is 4.33. The molecule has 0 unspecified atom stereocenters. The second kappa shape index (κ2) is 9.15. The van der Waals surface area contributed by atoms with Crippen molar-refractivity contribution in [3.63, 3.8) is 0 Å². The van der Waals surface area contributed by atoms with Crippen molar-refractivity contribution in [3.8, 4) is 0 Å². The first kappa shape index (κ1) is 31.6. The van der Waals surface area contributed by atoms with Gasteiger partial charge in [-0.1, -0.05) is 32.0 Å². The van der Waals surface area contributed by atoms with Crippen LogP contribution in [0.5, 0.6) is 0 Å². The van der Waals surface area contributed by atoms with Gasteiger partial charge >= 0.3 is 53.8 Å². The summed E-state index contributed by atoms with van der Waals surface area (Å²) < 4.78 is 214. The maximum atomic E-state index is 14.0. The van der Waals surface area contributed by atoms with Crippen LogP contribution in [-0.4, -0.2) is 53.8 Å². The maximum Gasteiger partial charge on any atom is 0.393 e. The van der Waals surface area contributed by atoms with Crippen LogP contribution in [-0.2, 0) is 4.79 Å². The molecule has 0 spiro atoms. The quantitative estimate of drug-likeness (QED) is 0.295. The number of hydrogen-bond donors (Lipinski definition) is 1. The minimum Gasteiger partial charge on any atom is -0.320 e. The molecule has 2 nitrogen and oxygen atoms in total. The predicted molar refractivity (Wildman–Crippen MR) is 89.8 cm³/mol. The predicted octanol–water partition coefficient (Wildman–Crippen LogP) is 7.46. The summed E-state index contributed by atoms with van der Waals surface area (Å²) in [5, 5.41) is 0.968. The summed E-state index contributed by atoms with van der Waals surface area (Å²) in [6.45, 7) is 2.70. The van der Waals surface area contributed by atoms with E-state index in [4.69, 9.17) is 0 Å². The third-order valence-electron chi connectivity index (χ3n) is 4.78. The van der Waals surface area contributed by atoms with Gasteiger partial charge in [-0.25, -0.2) is 8.78 Å². The number of carbonyl (C=O) groups excluding carboxylic acids is 1. The molecule has 0 bridgehead atoms. The lowest BCUT2D eigenvalue weighted by atomic mass is 9.89. The molecule has 1 aromatic rings. The van der Waals surface area contributed by atoms with Crippen molar-refractivity contribution >= 4 is 11.6 Å². The zero-order valence-electron chi connectivity index (χ0n) is 17.4. The summed E-state index contributed by atoms with van der Waals surface area (Å²) in [5.41, 5.74) is -0.876. The Bertz CT molecular complexity index is 956. The lowest BCUT2D eigenvalue weighted by molar-refractivity contribution is -0.443. The highest BCUT2D eigenvalue weighted by Crippen LogP contribution is 2.62. The highest BCUT2D eigenvalue weighted by atomic mass is 19.4. The number of nitrogens with one attached hydrogen (secondary N) is 1.